The van der Waals surface area contributed by atoms with Gasteiger partial charge in [-0.15, -0.1) is 11.3 Å². The van der Waals surface area contributed by atoms with Gasteiger partial charge in [0.1, 0.15) is 0 Å². The van der Waals surface area contributed by atoms with Gasteiger partial charge < -0.3 is 15.1 Å². The van der Waals surface area contributed by atoms with E-state index in [0.717, 1.165) is 12.2 Å². The van der Waals surface area contributed by atoms with Crippen molar-refractivity contribution in [3.05, 3.63) is 45.1 Å². The summed E-state index contributed by atoms with van der Waals surface area (Å²) >= 11 is 1.70. The van der Waals surface area contributed by atoms with E-state index < -0.39 is 5.76 Å². The van der Waals surface area contributed by atoms with Crippen LogP contribution in [0.4, 0.5) is 11.4 Å². The highest BCUT2D eigenvalue weighted by atomic mass is 32.1. The van der Waals surface area contributed by atoms with Crippen molar-refractivity contribution in [3.63, 3.8) is 0 Å². The van der Waals surface area contributed by atoms with Crippen molar-refractivity contribution >= 4 is 33.8 Å². The number of rotatable bonds is 3. The van der Waals surface area contributed by atoms with E-state index in [9.17, 15) is 4.79 Å². The lowest BCUT2D eigenvalue weighted by Crippen LogP contribution is -2.17. The number of H-pyrrole nitrogens is 1. The quantitative estimate of drug-likeness (QED) is 0.720. The fourth-order valence-electron chi connectivity index (χ4n) is 2.05. The van der Waals surface area contributed by atoms with Gasteiger partial charge in [0.15, 0.2) is 5.58 Å². The molecule has 1 aromatic carbocycles. The molecule has 0 unspecified atom stereocenters. The molecule has 0 radical (unpaired) electrons. The maximum Gasteiger partial charge on any atom is 0.417 e. The molecule has 0 spiro atoms. The van der Waals surface area contributed by atoms with Crippen molar-refractivity contribution in [1.82, 2.24) is 4.98 Å². The number of anilines is 2. The predicted octanol–water partition coefficient (Wildman–Crippen LogP) is 2.40. The number of nitrogens with zero attached hydrogens (tertiary/aromatic N) is 1. The van der Waals surface area contributed by atoms with E-state index in [1.165, 1.54) is 4.88 Å². The molecule has 2 aromatic heterocycles. The molecule has 98 valence electrons. The number of aromatic amines is 1. The van der Waals surface area contributed by atoms with Gasteiger partial charge in [0.05, 0.1) is 23.4 Å². The Morgan fingerprint density at radius 2 is 2.32 bits per heavy atom. The number of nitrogen functional groups attached to an aromatic ring is 1. The summed E-state index contributed by atoms with van der Waals surface area (Å²) in [6, 6.07) is 7.61. The van der Waals surface area contributed by atoms with E-state index in [-0.39, 0.29) is 0 Å². The van der Waals surface area contributed by atoms with Crippen molar-refractivity contribution in [3.8, 4) is 0 Å². The Kier molecular flexibility index (Phi) is 2.79. The van der Waals surface area contributed by atoms with E-state index in [0.29, 0.717) is 16.8 Å². The minimum atomic E-state index is -0.465. The van der Waals surface area contributed by atoms with Crippen molar-refractivity contribution in [2.24, 2.45) is 0 Å². The first-order chi connectivity index (χ1) is 9.13. The maximum absolute atomic E-state index is 11.2. The minimum absolute atomic E-state index is 0.465. The number of fused-ring (bicyclic) bond motifs is 1. The minimum Gasteiger partial charge on any atom is -0.408 e. The smallest absolute Gasteiger partial charge is 0.408 e. The third-order valence-corrected chi connectivity index (χ3v) is 3.81. The molecule has 0 saturated carbocycles. The average Bonchev–Trinajstić information content (AvgIpc) is 2.96. The number of hydrogen-bond acceptors (Lipinski definition) is 5. The molecule has 5 nitrogen and oxygen atoms in total. The van der Waals surface area contributed by atoms with Crippen LogP contribution >= 0.6 is 11.3 Å². The molecular weight excluding hydrogens is 262 g/mol. The summed E-state index contributed by atoms with van der Waals surface area (Å²) in [5, 5.41) is 2.04. The number of hydrogen-bond donors (Lipinski definition) is 2. The van der Waals surface area contributed by atoms with Gasteiger partial charge in [-0.05, 0) is 17.5 Å². The number of aromatic nitrogens is 1. The lowest BCUT2D eigenvalue weighted by atomic mass is 10.2. The highest BCUT2D eigenvalue weighted by Gasteiger charge is 2.11. The van der Waals surface area contributed by atoms with Gasteiger partial charge in [0.25, 0.3) is 0 Å². The molecule has 0 aliphatic rings. The van der Waals surface area contributed by atoms with Crippen LogP contribution < -0.4 is 16.4 Å². The first kappa shape index (κ1) is 11.9. The average molecular weight is 275 g/mol. The van der Waals surface area contributed by atoms with Gasteiger partial charge >= 0.3 is 5.76 Å². The van der Waals surface area contributed by atoms with E-state index in [2.05, 4.69) is 11.1 Å². The molecule has 0 fully saturated rings. The van der Waals surface area contributed by atoms with Crippen LogP contribution in [0.5, 0.6) is 0 Å². The third-order valence-electron chi connectivity index (χ3n) is 2.95. The lowest BCUT2D eigenvalue weighted by Gasteiger charge is -2.20. The van der Waals surface area contributed by atoms with Crippen molar-refractivity contribution in [1.29, 1.82) is 0 Å². The zero-order chi connectivity index (χ0) is 13.4. The Bertz CT molecular complexity index is 758. The Hall–Kier alpha value is -2.21. The number of oxazole rings is 1. The fourth-order valence-corrected chi connectivity index (χ4v) is 2.81. The highest BCUT2D eigenvalue weighted by molar-refractivity contribution is 7.09. The number of thiophene rings is 1. The van der Waals surface area contributed by atoms with Crippen molar-refractivity contribution < 1.29 is 4.42 Å². The molecule has 0 aliphatic carbocycles. The Morgan fingerprint density at radius 3 is 3.05 bits per heavy atom. The Balaban J connectivity index is 1.99. The molecule has 3 N–H and O–H groups in total. The second kappa shape index (κ2) is 4.47. The maximum atomic E-state index is 11.2. The van der Waals surface area contributed by atoms with Gasteiger partial charge in [-0.2, -0.15) is 0 Å². The molecule has 0 bridgehead atoms. The molecule has 0 amide bonds. The summed E-state index contributed by atoms with van der Waals surface area (Å²) in [4.78, 5) is 17.1. The van der Waals surface area contributed by atoms with Crippen LogP contribution in [0.15, 0.2) is 38.9 Å². The monoisotopic (exact) mass is 275 g/mol. The van der Waals surface area contributed by atoms with E-state index in [1.54, 1.807) is 17.4 Å². The largest absolute Gasteiger partial charge is 0.417 e. The normalized spacial score (nSPS) is 11.0. The highest BCUT2D eigenvalue weighted by Crippen LogP contribution is 2.28. The molecule has 6 heteroatoms. The molecule has 2 heterocycles. The topological polar surface area (TPSA) is 75.3 Å². The van der Waals surface area contributed by atoms with Gasteiger partial charge in [-0.3, -0.25) is 4.98 Å². The number of benzene rings is 1. The van der Waals surface area contributed by atoms with Crippen LogP contribution in [0, 0.1) is 0 Å². The van der Waals surface area contributed by atoms with Crippen molar-refractivity contribution in [2.75, 3.05) is 17.7 Å². The van der Waals surface area contributed by atoms with Crippen LogP contribution in [0.2, 0.25) is 0 Å². The Labute approximate surface area is 113 Å². The molecule has 3 aromatic rings. The van der Waals surface area contributed by atoms with Crippen LogP contribution in [-0.2, 0) is 6.54 Å². The van der Waals surface area contributed by atoms with Gasteiger partial charge in [-0.25, -0.2) is 4.79 Å². The summed E-state index contributed by atoms with van der Waals surface area (Å²) in [6.45, 7) is 0.773. The molecule has 3 rings (SSSR count). The second-order valence-corrected chi connectivity index (χ2v) is 5.39. The zero-order valence-corrected chi connectivity index (χ0v) is 11.2. The Morgan fingerprint density at radius 1 is 1.47 bits per heavy atom. The second-order valence-electron chi connectivity index (χ2n) is 4.36. The van der Waals surface area contributed by atoms with E-state index >= 15 is 0 Å². The number of nitrogens with two attached hydrogens (primary N) is 1. The first-order valence-corrected chi connectivity index (χ1v) is 6.67. The summed E-state index contributed by atoms with van der Waals surface area (Å²) in [5.74, 6) is -0.465. The molecule has 0 atom stereocenters. The first-order valence-electron chi connectivity index (χ1n) is 5.79. The van der Waals surface area contributed by atoms with Crippen LogP contribution in [0.25, 0.3) is 11.1 Å². The summed E-state index contributed by atoms with van der Waals surface area (Å²) in [5.41, 5.74) is 8.62. The van der Waals surface area contributed by atoms with Gasteiger partial charge in [0, 0.05) is 18.0 Å². The molecule has 0 saturated heterocycles. The lowest BCUT2D eigenvalue weighted by molar-refractivity contribution is 0.555. The van der Waals surface area contributed by atoms with Gasteiger partial charge in [-0.1, -0.05) is 6.07 Å². The SMILES string of the molecule is CN(Cc1cccs1)c1cc2[nH]c(=O)oc2cc1N. The molecule has 19 heavy (non-hydrogen) atoms. The fraction of sp³-hybridized carbons (Fsp3) is 0.154. The molecular formula is C13H13N3O2S. The third kappa shape index (κ3) is 2.22. The zero-order valence-electron chi connectivity index (χ0n) is 10.3. The predicted molar refractivity (Wildman–Crippen MR) is 77.7 cm³/mol. The van der Waals surface area contributed by atoms with Gasteiger partial charge in [0.2, 0.25) is 0 Å². The molecule has 0 aliphatic heterocycles. The van der Waals surface area contributed by atoms with Crippen LogP contribution in [-0.4, -0.2) is 12.0 Å². The van der Waals surface area contributed by atoms with Crippen molar-refractivity contribution in [2.45, 2.75) is 6.54 Å². The van der Waals surface area contributed by atoms with Crippen LogP contribution in [0.3, 0.4) is 0 Å². The van der Waals surface area contributed by atoms with E-state index in [1.807, 2.05) is 29.5 Å². The summed E-state index contributed by atoms with van der Waals surface area (Å²) < 4.78 is 4.98. The van der Waals surface area contributed by atoms with E-state index in [4.69, 9.17) is 10.2 Å². The van der Waals surface area contributed by atoms with Crippen LogP contribution in [0.1, 0.15) is 4.88 Å². The standard InChI is InChI=1S/C13H13N3O2S/c1-16(7-8-3-2-4-19-8)11-6-10-12(5-9(11)14)18-13(17)15-10/h2-6H,7,14H2,1H3,(H,15,17). The summed E-state index contributed by atoms with van der Waals surface area (Å²) in [6.07, 6.45) is 0. The summed E-state index contributed by atoms with van der Waals surface area (Å²) in [7, 11) is 1.97. The number of nitrogens with one attached hydrogen (secondary N) is 1.